The number of rotatable bonds is 5. The molecule has 1 unspecified atom stereocenters. The Labute approximate surface area is 133 Å². The zero-order chi connectivity index (χ0) is 16.2. The van der Waals surface area contributed by atoms with Crippen molar-refractivity contribution in [3.05, 3.63) is 36.0 Å². The fourth-order valence-corrected chi connectivity index (χ4v) is 2.73. The first-order valence-corrected chi connectivity index (χ1v) is 7.41. The molecule has 122 valence electrons. The molecule has 0 aliphatic carbocycles. The number of nitrogens with one attached hydrogen (secondary N) is 1. The summed E-state index contributed by atoms with van der Waals surface area (Å²) in [5.41, 5.74) is 6.61. The standard InChI is InChI=1S/C15H19FN6O/c1-23-15-11(13(17)20-9-21-15)7-19-10-4-6-22(8-10)14-12(16)3-2-5-18-14/h2-3,5,9-10,19H,4,6-8H2,1H3,(H2,17,20,21). The Hall–Kier alpha value is -2.48. The monoisotopic (exact) mass is 318 g/mol. The van der Waals surface area contributed by atoms with Crippen LogP contribution in [0.1, 0.15) is 12.0 Å². The van der Waals surface area contributed by atoms with E-state index >= 15 is 0 Å². The van der Waals surface area contributed by atoms with E-state index < -0.39 is 0 Å². The van der Waals surface area contributed by atoms with Gasteiger partial charge in [-0.1, -0.05) is 0 Å². The van der Waals surface area contributed by atoms with E-state index in [1.165, 1.54) is 12.4 Å². The van der Waals surface area contributed by atoms with Crippen molar-refractivity contribution in [3.63, 3.8) is 0 Å². The van der Waals surface area contributed by atoms with E-state index in [4.69, 9.17) is 10.5 Å². The molecule has 2 aromatic heterocycles. The van der Waals surface area contributed by atoms with E-state index in [9.17, 15) is 4.39 Å². The Kier molecular flexibility index (Phi) is 4.52. The molecule has 7 nitrogen and oxygen atoms in total. The molecule has 3 rings (SSSR count). The smallest absolute Gasteiger partial charge is 0.222 e. The minimum absolute atomic E-state index is 0.209. The number of hydrogen-bond acceptors (Lipinski definition) is 7. The molecule has 0 bridgehead atoms. The van der Waals surface area contributed by atoms with Crippen molar-refractivity contribution >= 4 is 11.6 Å². The second-order valence-electron chi connectivity index (χ2n) is 5.37. The van der Waals surface area contributed by atoms with Crippen LogP contribution in [0, 0.1) is 5.82 Å². The lowest BCUT2D eigenvalue weighted by Gasteiger charge is -2.18. The molecule has 0 saturated carbocycles. The molecule has 0 spiro atoms. The van der Waals surface area contributed by atoms with Crippen LogP contribution in [-0.2, 0) is 6.54 Å². The minimum atomic E-state index is -0.296. The maximum Gasteiger partial charge on any atom is 0.222 e. The Morgan fingerprint density at radius 1 is 1.43 bits per heavy atom. The molecule has 0 radical (unpaired) electrons. The van der Waals surface area contributed by atoms with Gasteiger partial charge in [0.1, 0.15) is 12.1 Å². The molecule has 8 heteroatoms. The topological polar surface area (TPSA) is 89.2 Å². The van der Waals surface area contributed by atoms with Crippen molar-refractivity contribution < 1.29 is 9.13 Å². The zero-order valence-corrected chi connectivity index (χ0v) is 12.9. The van der Waals surface area contributed by atoms with Crippen LogP contribution in [0.25, 0.3) is 0 Å². The molecule has 23 heavy (non-hydrogen) atoms. The quantitative estimate of drug-likeness (QED) is 0.849. The summed E-state index contributed by atoms with van der Waals surface area (Å²) in [6.45, 7) is 1.94. The number of methoxy groups -OCH3 is 1. The molecular weight excluding hydrogens is 299 g/mol. The predicted octanol–water partition coefficient (Wildman–Crippen LogP) is 0.970. The summed E-state index contributed by atoms with van der Waals surface area (Å²) in [5, 5.41) is 3.40. The van der Waals surface area contributed by atoms with E-state index in [0.717, 1.165) is 18.5 Å². The summed E-state index contributed by atoms with van der Waals surface area (Å²) < 4.78 is 19.0. The van der Waals surface area contributed by atoms with Crippen LogP contribution >= 0.6 is 0 Å². The molecule has 3 heterocycles. The number of hydrogen-bond donors (Lipinski definition) is 2. The zero-order valence-electron chi connectivity index (χ0n) is 12.9. The molecule has 1 fully saturated rings. The lowest BCUT2D eigenvalue weighted by atomic mass is 10.2. The number of ether oxygens (including phenoxy) is 1. The average molecular weight is 318 g/mol. The van der Waals surface area contributed by atoms with E-state index in [2.05, 4.69) is 20.3 Å². The third-order valence-electron chi connectivity index (χ3n) is 3.93. The van der Waals surface area contributed by atoms with Crippen LogP contribution in [0.4, 0.5) is 16.0 Å². The fraction of sp³-hybridized carbons (Fsp3) is 0.400. The van der Waals surface area contributed by atoms with Gasteiger partial charge >= 0.3 is 0 Å². The van der Waals surface area contributed by atoms with Gasteiger partial charge in [0.05, 0.1) is 12.7 Å². The summed E-state index contributed by atoms with van der Waals surface area (Å²) in [4.78, 5) is 14.1. The molecule has 1 aliphatic heterocycles. The van der Waals surface area contributed by atoms with Gasteiger partial charge in [-0.2, -0.15) is 0 Å². The molecule has 1 saturated heterocycles. The first kappa shape index (κ1) is 15.4. The summed E-state index contributed by atoms with van der Waals surface area (Å²) in [5.74, 6) is 0.970. The number of anilines is 2. The highest BCUT2D eigenvalue weighted by atomic mass is 19.1. The highest BCUT2D eigenvalue weighted by Gasteiger charge is 2.25. The van der Waals surface area contributed by atoms with Crippen LogP contribution in [0.3, 0.4) is 0 Å². The summed E-state index contributed by atoms with van der Waals surface area (Å²) >= 11 is 0. The largest absolute Gasteiger partial charge is 0.481 e. The van der Waals surface area contributed by atoms with Crippen LogP contribution in [0.15, 0.2) is 24.7 Å². The minimum Gasteiger partial charge on any atom is -0.481 e. The number of nitrogens with zero attached hydrogens (tertiary/aromatic N) is 4. The SMILES string of the molecule is COc1ncnc(N)c1CNC1CCN(c2ncccc2F)C1. The molecule has 0 amide bonds. The number of nitrogens with two attached hydrogens (primary N) is 1. The van der Waals surface area contributed by atoms with E-state index in [0.29, 0.717) is 30.6 Å². The molecule has 1 aliphatic rings. The molecule has 0 aromatic carbocycles. The van der Waals surface area contributed by atoms with Gasteiger partial charge in [-0.05, 0) is 18.6 Å². The summed E-state index contributed by atoms with van der Waals surface area (Å²) in [7, 11) is 1.55. The van der Waals surface area contributed by atoms with Gasteiger partial charge < -0.3 is 20.7 Å². The van der Waals surface area contributed by atoms with E-state index in [-0.39, 0.29) is 11.9 Å². The summed E-state index contributed by atoms with van der Waals surface area (Å²) in [6, 6.07) is 3.23. The first-order chi connectivity index (χ1) is 11.2. The van der Waals surface area contributed by atoms with Gasteiger partial charge in [-0.3, -0.25) is 0 Å². The van der Waals surface area contributed by atoms with Crippen LogP contribution in [0.5, 0.6) is 5.88 Å². The number of nitrogen functional groups attached to an aromatic ring is 1. The van der Waals surface area contributed by atoms with Gasteiger partial charge in [0, 0.05) is 31.9 Å². The lowest BCUT2D eigenvalue weighted by Crippen LogP contribution is -2.33. The van der Waals surface area contributed by atoms with Crippen molar-refractivity contribution in [3.8, 4) is 5.88 Å². The Morgan fingerprint density at radius 3 is 3.09 bits per heavy atom. The summed E-state index contributed by atoms with van der Waals surface area (Å²) in [6.07, 6.45) is 3.87. The maximum atomic E-state index is 13.8. The van der Waals surface area contributed by atoms with Crippen molar-refractivity contribution in [2.24, 2.45) is 0 Å². The van der Waals surface area contributed by atoms with Gasteiger partial charge in [0.2, 0.25) is 5.88 Å². The number of aromatic nitrogens is 3. The van der Waals surface area contributed by atoms with Gasteiger partial charge in [0.25, 0.3) is 0 Å². The van der Waals surface area contributed by atoms with Gasteiger partial charge in [-0.15, -0.1) is 0 Å². The van der Waals surface area contributed by atoms with E-state index in [1.807, 2.05) is 4.90 Å². The number of halogens is 1. The fourth-order valence-electron chi connectivity index (χ4n) is 2.73. The Balaban J connectivity index is 1.62. The highest BCUT2D eigenvalue weighted by Crippen LogP contribution is 2.22. The average Bonchev–Trinajstić information content (AvgIpc) is 3.02. The third kappa shape index (κ3) is 3.31. The van der Waals surface area contributed by atoms with Gasteiger partial charge in [0.15, 0.2) is 11.6 Å². The molecule has 3 N–H and O–H groups in total. The Morgan fingerprint density at radius 2 is 2.30 bits per heavy atom. The normalized spacial score (nSPS) is 17.5. The van der Waals surface area contributed by atoms with Crippen LogP contribution in [-0.4, -0.2) is 41.2 Å². The second kappa shape index (κ2) is 6.74. The molecular formula is C15H19FN6O. The highest BCUT2D eigenvalue weighted by molar-refractivity contribution is 5.45. The second-order valence-corrected chi connectivity index (χ2v) is 5.37. The predicted molar refractivity (Wildman–Crippen MR) is 84.6 cm³/mol. The lowest BCUT2D eigenvalue weighted by molar-refractivity contribution is 0.388. The maximum absolute atomic E-state index is 13.8. The van der Waals surface area contributed by atoms with Crippen LogP contribution in [0.2, 0.25) is 0 Å². The van der Waals surface area contributed by atoms with Crippen molar-refractivity contribution in [2.75, 3.05) is 30.8 Å². The first-order valence-electron chi connectivity index (χ1n) is 7.41. The molecule has 2 aromatic rings. The van der Waals surface area contributed by atoms with Crippen molar-refractivity contribution in [2.45, 2.75) is 19.0 Å². The third-order valence-corrected chi connectivity index (χ3v) is 3.93. The Bertz CT molecular complexity index is 683. The van der Waals surface area contributed by atoms with Gasteiger partial charge in [-0.25, -0.2) is 19.3 Å². The van der Waals surface area contributed by atoms with Crippen molar-refractivity contribution in [1.82, 2.24) is 20.3 Å². The molecule has 1 atom stereocenters. The number of pyridine rings is 1. The van der Waals surface area contributed by atoms with Crippen molar-refractivity contribution in [1.29, 1.82) is 0 Å². The van der Waals surface area contributed by atoms with E-state index in [1.54, 1.807) is 19.4 Å². The van der Waals surface area contributed by atoms with Crippen LogP contribution < -0.4 is 20.7 Å².